The van der Waals surface area contributed by atoms with E-state index >= 15 is 0 Å². The Kier molecular flexibility index (Phi) is 4.49. The van der Waals surface area contributed by atoms with Gasteiger partial charge in [0.1, 0.15) is 0 Å². The van der Waals surface area contributed by atoms with Gasteiger partial charge >= 0.3 is 0 Å². The molecule has 1 heterocycles. The summed E-state index contributed by atoms with van der Waals surface area (Å²) >= 11 is 0. The summed E-state index contributed by atoms with van der Waals surface area (Å²) in [4.78, 5) is 14.3. The van der Waals surface area contributed by atoms with Crippen molar-refractivity contribution in [3.05, 3.63) is 29.6 Å². The summed E-state index contributed by atoms with van der Waals surface area (Å²) in [7, 11) is 1.37. The Hall–Kier alpha value is -1.66. The number of carbonyl (C=O) groups excluding carboxylic acids is 1. The van der Waals surface area contributed by atoms with Crippen molar-refractivity contribution >= 4 is 5.91 Å². The number of hydrogen-bond donors (Lipinski definition) is 1. The fourth-order valence-corrected chi connectivity index (χ4v) is 2.55. The molecule has 0 aromatic heterocycles. The highest BCUT2D eigenvalue weighted by Gasteiger charge is 2.35. The summed E-state index contributed by atoms with van der Waals surface area (Å²) in [5.74, 6) is -0.608. The molecule has 1 fully saturated rings. The van der Waals surface area contributed by atoms with Crippen LogP contribution in [0.5, 0.6) is 5.75 Å². The summed E-state index contributed by atoms with van der Waals surface area (Å²) in [6.45, 7) is 5.07. The van der Waals surface area contributed by atoms with Gasteiger partial charge in [0, 0.05) is 25.2 Å². The van der Waals surface area contributed by atoms with Crippen LogP contribution in [0.1, 0.15) is 24.2 Å². The zero-order valence-corrected chi connectivity index (χ0v) is 12.6. The topological polar surface area (TPSA) is 64.8 Å². The lowest BCUT2D eigenvalue weighted by atomic mass is 10.0. The van der Waals surface area contributed by atoms with E-state index in [0.717, 1.165) is 0 Å². The van der Waals surface area contributed by atoms with Gasteiger partial charge < -0.3 is 20.1 Å². The third kappa shape index (κ3) is 3.51. The number of nitrogens with two attached hydrogens (primary N) is 1. The van der Waals surface area contributed by atoms with Crippen LogP contribution in [-0.2, 0) is 4.74 Å². The smallest absolute Gasteiger partial charge is 0.254 e. The van der Waals surface area contributed by atoms with Crippen LogP contribution < -0.4 is 10.5 Å². The fraction of sp³-hybridized carbons (Fsp3) is 0.533. The number of rotatable bonds is 3. The molecule has 1 aromatic carbocycles. The van der Waals surface area contributed by atoms with E-state index in [0.29, 0.717) is 25.2 Å². The predicted octanol–water partition coefficient (Wildman–Crippen LogP) is 1.41. The van der Waals surface area contributed by atoms with Crippen molar-refractivity contribution in [2.24, 2.45) is 5.73 Å². The molecule has 1 unspecified atom stereocenters. The highest BCUT2D eigenvalue weighted by atomic mass is 19.1. The van der Waals surface area contributed by atoms with Gasteiger partial charge in [0.25, 0.3) is 5.91 Å². The molecule has 0 aliphatic carbocycles. The molecule has 1 saturated heterocycles. The van der Waals surface area contributed by atoms with Crippen molar-refractivity contribution in [1.29, 1.82) is 0 Å². The van der Waals surface area contributed by atoms with E-state index in [9.17, 15) is 9.18 Å². The normalized spacial score (nSPS) is 21.2. The quantitative estimate of drug-likeness (QED) is 0.916. The van der Waals surface area contributed by atoms with Crippen LogP contribution in [0, 0.1) is 5.82 Å². The molecular formula is C15H21FN2O3. The van der Waals surface area contributed by atoms with Gasteiger partial charge in [-0.05, 0) is 32.0 Å². The van der Waals surface area contributed by atoms with Gasteiger partial charge in [-0.2, -0.15) is 0 Å². The Morgan fingerprint density at radius 3 is 2.90 bits per heavy atom. The molecule has 0 saturated carbocycles. The summed E-state index contributed by atoms with van der Waals surface area (Å²) in [6, 6.07) is 4.11. The molecule has 0 bridgehead atoms. The molecule has 1 amide bonds. The van der Waals surface area contributed by atoms with Gasteiger partial charge in [0.2, 0.25) is 0 Å². The third-order valence-electron chi connectivity index (χ3n) is 3.43. The summed E-state index contributed by atoms with van der Waals surface area (Å²) in [6.07, 6.45) is -0.194. The Morgan fingerprint density at radius 1 is 1.57 bits per heavy atom. The van der Waals surface area contributed by atoms with E-state index in [2.05, 4.69) is 0 Å². The molecule has 21 heavy (non-hydrogen) atoms. The number of benzene rings is 1. The Bertz CT molecular complexity index is 534. The minimum atomic E-state index is -0.490. The molecule has 1 aromatic rings. The molecule has 1 atom stereocenters. The van der Waals surface area contributed by atoms with E-state index < -0.39 is 11.4 Å². The SMILES string of the molecule is COc1cc(C(=O)N2CC(CN)OC(C)(C)C2)ccc1F. The number of carbonyl (C=O) groups is 1. The van der Waals surface area contributed by atoms with Crippen LogP contribution in [0.15, 0.2) is 18.2 Å². The standard InChI is InChI=1S/C15H21FN2O3/c1-15(2)9-18(8-11(7-17)21-15)14(19)10-4-5-12(16)13(6-10)20-3/h4-6,11H,7-9,17H2,1-3H3. The molecule has 0 spiro atoms. The lowest BCUT2D eigenvalue weighted by Crippen LogP contribution is -2.56. The maximum Gasteiger partial charge on any atom is 0.254 e. The zero-order valence-electron chi connectivity index (χ0n) is 12.6. The first-order valence-corrected chi connectivity index (χ1v) is 6.87. The zero-order chi connectivity index (χ0) is 15.6. The number of halogens is 1. The second-order valence-electron chi connectivity index (χ2n) is 5.77. The Labute approximate surface area is 123 Å². The first-order valence-electron chi connectivity index (χ1n) is 6.87. The van der Waals surface area contributed by atoms with Crippen molar-refractivity contribution in [1.82, 2.24) is 4.90 Å². The van der Waals surface area contributed by atoms with E-state index in [4.69, 9.17) is 15.2 Å². The average molecular weight is 296 g/mol. The molecule has 2 N–H and O–H groups in total. The van der Waals surface area contributed by atoms with Gasteiger partial charge in [-0.15, -0.1) is 0 Å². The predicted molar refractivity (Wildman–Crippen MR) is 76.9 cm³/mol. The van der Waals surface area contributed by atoms with Crippen molar-refractivity contribution in [2.45, 2.75) is 25.6 Å². The second kappa shape index (κ2) is 5.99. The number of nitrogens with zero attached hydrogens (tertiary/aromatic N) is 1. The number of methoxy groups -OCH3 is 1. The molecule has 1 aliphatic heterocycles. The first-order chi connectivity index (χ1) is 9.86. The van der Waals surface area contributed by atoms with Crippen molar-refractivity contribution < 1.29 is 18.7 Å². The highest BCUT2D eigenvalue weighted by molar-refractivity contribution is 5.94. The minimum absolute atomic E-state index is 0.0590. The van der Waals surface area contributed by atoms with Crippen LogP contribution >= 0.6 is 0 Å². The summed E-state index contributed by atoms with van der Waals surface area (Å²) < 4.78 is 24.1. The van der Waals surface area contributed by atoms with Crippen molar-refractivity contribution in [3.63, 3.8) is 0 Å². The van der Waals surface area contributed by atoms with Crippen LogP contribution in [-0.4, -0.2) is 49.3 Å². The van der Waals surface area contributed by atoms with Crippen LogP contribution in [0.4, 0.5) is 4.39 Å². The van der Waals surface area contributed by atoms with E-state index in [1.165, 1.54) is 25.3 Å². The number of ether oxygens (including phenoxy) is 2. The average Bonchev–Trinajstić information content (AvgIpc) is 2.45. The van der Waals surface area contributed by atoms with Crippen LogP contribution in [0.3, 0.4) is 0 Å². The largest absolute Gasteiger partial charge is 0.494 e. The monoisotopic (exact) mass is 296 g/mol. The van der Waals surface area contributed by atoms with E-state index in [-0.39, 0.29) is 17.8 Å². The fourth-order valence-electron chi connectivity index (χ4n) is 2.55. The van der Waals surface area contributed by atoms with E-state index in [1.54, 1.807) is 4.90 Å². The minimum Gasteiger partial charge on any atom is -0.494 e. The first kappa shape index (κ1) is 15.7. The number of amides is 1. The maximum absolute atomic E-state index is 13.4. The summed E-state index contributed by atoms with van der Waals surface area (Å²) in [5.41, 5.74) is 5.59. The lowest BCUT2D eigenvalue weighted by Gasteiger charge is -2.42. The van der Waals surface area contributed by atoms with Gasteiger partial charge in [0.15, 0.2) is 11.6 Å². The Balaban J connectivity index is 2.22. The van der Waals surface area contributed by atoms with Gasteiger partial charge in [-0.1, -0.05) is 0 Å². The van der Waals surface area contributed by atoms with E-state index in [1.807, 2.05) is 13.8 Å². The number of hydrogen-bond acceptors (Lipinski definition) is 4. The maximum atomic E-state index is 13.4. The van der Waals surface area contributed by atoms with Gasteiger partial charge in [0.05, 0.1) is 18.8 Å². The van der Waals surface area contributed by atoms with Gasteiger partial charge in [-0.3, -0.25) is 4.79 Å². The molecule has 0 radical (unpaired) electrons. The van der Waals surface area contributed by atoms with Crippen LogP contribution in [0.25, 0.3) is 0 Å². The van der Waals surface area contributed by atoms with Gasteiger partial charge in [-0.25, -0.2) is 4.39 Å². The molecule has 116 valence electrons. The molecule has 6 heteroatoms. The second-order valence-corrected chi connectivity index (χ2v) is 5.77. The highest BCUT2D eigenvalue weighted by Crippen LogP contribution is 2.24. The number of morpholine rings is 1. The summed E-state index contributed by atoms with van der Waals surface area (Å²) in [5, 5.41) is 0. The molecular weight excluding hydrogens is 275 g/mol. The molecule has 2 rings (SSSR count). The molecule has 1 aliphatic rings. The third-order valence-corrected chi connectivity index (χ3v) is 3.43. The van der Waals surface area contributed by atoms with Crippen molar-refractivity contribution in [2.75, 3.05) is 26.7 Å². The van der Waals surface area contributed by atoms with Crippen LogP contribution in [0.2, 0.25) is 0 Å². The van der Waals surface area contributed by atoms with Crippen molar-refractivity contribution in [3.8, 4) is 5.75 Å². The Morgan fingerprint density at radius 2 is 2.29 bits per heavy atom. The lowest BCUT2D eigenvalue weighted by molar-refractivity contribution is -0.122. The molecule has 5 nitrogen and oxygen atoms in total.